The molecule has 192 valence electrons. The SMILES string of the molecule is Cc1c(F)ccc(COc2nc(C)n(-c3cccc(-c4nc(C(C)(C)O)ncc4F)c3)c(=O)c2Br)c1F. The second kappa shape index (κ2) is 10.1. The molecule has 0 radical (unpaired) electrons. The average Bonchev–Trinajstić information content (AvgIpc) is 2.84. The van der Waals surface area contributed by atoms with E-state index in [1.165, 1.54) is 31.4 Å². The third kappa shape index (κ3) is 5.28. The van der Waals surface area contributed by atoms with Gasteiger partial charge in [0.1, 0.15) is 39.8 Å². The van der Waals surface area contributed by atoms with Gasteiger partial charge in [0.2, 0.25) is 5.88 Å². The Labute approximate surface area is 218 Å². The summed E-state index contributed by atoms with van der Waals surface area (Å²) in [6.45, 7) is 5.60. The average molecular weight is 575 g/mol. The fraction of sp³-hybridized carbons (Fsp3) is 0.231. The first-order valence-electron chi connectivity index (χ1n) is 11.1. The van der Waals surface area contributed by atoms with Gasteiger partial charge in [0.25, 0.3) is 5.56 Å². The highest BCUT2D eigenvalue weighted by Crippen LogP contribution is 2.27. The Kier molecular flexibility index (Phi) is 7.20. The molecule has 0 atom stereocenters. The molecule has 0 aliphatic carbocycles. The Morgan fingerprint density at radius 3 is 2.51 bits per heavy atom. The summed E-state index contributed by atoms with van der Waals surface area (Å²) in [6, 6.07) is 8.84. The number of benzene rings is 2. The number of hydrogen-bond acceptors (Lipinski definition) is 6. The van der Waals surface area contributed by atoms with Gasteiger partial charge in [-0.1, -0.05) is 12.1 Å². The van der Waals surface area contributed by atoms with E-state index in [4.69, 9.17) is 4.74 Å². The number of ether oxygens (including phenoxy) is 1. The van der Waals surface area contributed by atoms with Crippen LogP contribution in [-0.4, -0.2) is 24.6 Å². The summed E-state index contributed by atoms with van der Waals surface area (Å²) in [5, 5.41) is 10.2. The molecule has 7 nitrogen and oxygen atoms in total. The molecule has 2 aromatic heterocycles. The zero-order chi connectivity index (χ0) is 27.1. The molecule has 4 aromatic rings. The highest BCUT2D eigenvalue weighted by molar-refractivity contribution is 9.10. The summed E-state index contributed by atoms with van der Waals surface area (Å²) >= 11 is 3.20. The lowest BCUT2D eigenvalue weighted by Gasteiger charge is -2.17. The van der Waals surface area contributed by atoms with E-state index in [1.54, 1.807) is 31.2 Å². The van der Waals surface area contributed by atoms with Crippen LogP contribution in [-0.2, 0) is 12.2 Å². The lowest BCUT2D eigenvalue weighted by molar-refractivity contribution is 0.0686. The molecule has 0 amide bonds. The first-order chi connectivity index (χ1) is 17.4. The van der Waals surface area contributed by atoms with Gasteiger partial charge in [0.05, 0.1) is 11.9 Å². The molecule has 0 saturated carbocycles. The van der Waals surface area contributed by atoms with Gasteiger partial charge in [0, 0.05) is 16.7 Å². The molecule has 0 saturated heterocycles. The Morgan fingerprint density at radius 1 is 1.08 bits per heavy atom. The zero-order valence-electron chi connectivity index (χ0n) is 20.3. The predicted molar refractivity (Wildman–Crippen MR) is 134 cm³/mol. The Balaban J connectivity index is 1.70. The van der Waals surface area contributed by atoms with Gasteiger partial charge in [-0.15, -0.1) is 0 Å². The van der Waals surface area contributed by atoms with Gasteiger partial charge >= 0.3 is 0 Å². The van der Waals surface area contributed by atoms with Gasteiger partial charge in [-0.3, -0.25) is 9.36 Å². The van der Waals surface area contributed by atoms with Crippen molar-refractivity contribution in [3.63, 3.8) is 0 Å². The van der Waals surface area contributed by atoms with Crippen LogP contribution >= 0.6 is 15.9 Å². The minimum absolute atomic E-state index is 0.0136. The van der Waals surface area contributed by atoms with Crippen LogP contribution in [0.1, 0.15) is 36.6 Å². The first kappa shape index (κ1) is 26.5. The second-order valence-corrected chi connectivity index (χ2v) is 9.65. The number of hydrogen-bond donors (Lipinski definition) is 1. The van der Waals surface area contributed by atoms with Gasteiger partial charge in [0.15, 0.2) is 11.6 Å². The van der Waals surface area contributed by atoms with E-state index in [-0.39, 0.29) is 45.4 Å². The smallest absolute Gasteiger partial charge is 0.276 e. The summed E-state index contributed by atoms with van der Waals surface area (Å²) in [5.74, 6) is -1.87. The van der Waals surface area contributed by atoms with Crippen LogP contribution < -0.4 is 10.3 Å². The lowest BCUT2D eigenvalue weighted by Crippen LogP contribution is -2.24. The molecular weight excluding hydrogens is 553 g/mol. The maximum absolute atomic E-state index is 14.6. The van der Waals surface area contributed by atoms with Crippen LogP contribution in [0, 0.1) is 31.3 Å². The molecule has 0 aliphatic rings. The van der Waals surface area contributed by atoms with Crippen molar-refractivity contribution < 1.29 is 23.0 Å². The molecule has 2 heterocycles. The number of rotatable bonds is 6. The Hall–Kier alpha value is -3.57. The molecule has 4 rings (SSSR count). The fourth-order valence-corrected chi connectivity index (χ4v) is 3.99. The zero-order valence-corrected chi connectivity index (χ0v) is 21.9. The molecule has 1 N–H and O–H groups in total. The van der Waals surface area contributed by atoms with E-state index < -0.39 is 28.6 Å². The molecule has 0 aliphatic heterocycles. The predicted octanol–water partition coefficient (Wildman–Crippen LogP) is 5.29. The van der Waals surface area contributed by atoms with E-state index >= 15 is 0 Å². The molecule has 0 unspecified atom stereocenters. The van der Waals surface area contributed by atoms with Crippen molar-refractivity contribution in [2.75, 3.05) is 0 Å². The van der Waals surface area contributed by atoms with Crippen molar-refractivity contribution in [3.8, 4) is 22.8 Å². The van der Waals surface area contributed by atoms with Gasteiger partial charge < -0.3 is 9.84 Å². The molecule has 2 aromatic carbocycles. The number of aliphatic hydroxyl groups is 1. The van der Waals surface area contributed by atoms with Crippen molar-refractivity contribution in [3.05, 3.63) is 97.6 Å². The quantitative estimate of drug-likeness (QED) is 0.336. The van der Waals surface area contributed by atoms with Crippen LogP contribution in [0.4, 0.5) is 13.2 Å². The van der Waals surface area contributed by atoms with Crippen LogP contribution in [0.15, 0.2) is 51.9 Å². The number of halogens is 4. The highest BCUT2D eigenvalue weighted by atomic mass is 79.9. The van der Waals surface area contributed by atoms with E-state index in [9.17, 15) is 23.1 Å². The number of aromatic nitrogens is 4. The molecular formula is C26H22BrF3N4O3. The van der Waals surface area contributed by atoms with Gasteiger partial charge in [-0.2, -0.15) is 4.98 Å². The van der Waals surface area contributed by atoms with Gasteiger partial charge in [-0.25, -0.2) is 23.1 Å². The monoisotopic (exact) mass is 574 g/mol. The largest absolute Gasteiger partial charge is 0.472 e. The third-order valence-electron chi connectivity index (χ3n) is 5.60. The first-order valence-corrected chi connectivity index (χ1v) is 11.9. The van der Waals surface area contributed by atoms with E-state index in [1.807, 2.05) is 0 Å². The Morgan fingerprint density at radius 2 is 1.81 bits per heavy atom. The van der Waals surface area contributed by atoms with E-state index in [2.05, 4.69) is 30.9 Å². The normalized spacial score (nSPS) is 11.6. The maximum atomic E-state index is 14.6. The summed E-state index contributed by atoms with van der Waals surface area (Å²) in [6.07, 6.45) is 0.982. The van der Waals surface area contributed by atoms with Crippen LogP contribution in [0.3, 0.4) is 0 Å². The lowest BCUT2D eigenvalue weighted by atomic mass is 10.1. The number of nitrogens with zero attached hydrogens (tertiary/aromatic N) is 4. The van der Waals surface area contributed by atoms with Crippen molar-refractivity contribution in [2.24, 2.45) is 0 Å². The molecule has 0 fully saturated rings. The minimum atomic E-state index is -1.38. The topological polar surface area (TPSA) is 90.1 Å². The summed E-state index contributed by atoms with van der Waals surface area (Å²) in [4.78, 5) is 25.6. The standard InChI is InChI=1S/C26H22BrF3N4O3/c1-13-18(28)9-8-16(21(13)30)12-37-23-20(27)24(35)34(14(2)32-23)17-7-5-6-15(10-17)22-19(29)11-31-25(33-22)26(3,4)36/h5-11,36H,12H2,1-4H3. The van der Waals surface area contributed by atoms with Crippen molar-refractivity contribution in [2.45, 2.75) is 39.9 Å². The summed E-state index contributed by atoms with van der Waals surface area (Å²) in [5.41, 5.74) is -1.23. The van der Waals surface area contributed by atoms with E-state index in [0.717, 1.165) is 12.3 Å². The van der Waals surface area contributed by atoms with Crippen LogP contribution in [0.25, 0.3) is 16.9 Å². The third-order valence-corrected chi connectivity index (χ3v) is 6.28. The van der Waals surface area contributed by atoms with Crippen molar-refractivity contribution in [1.82, 2.24) is 19.5 Å². The van der Waals surface area contributed by atoms with E-state index in [0.29, 0.717) is 11.3 Å². The molecule has 0 spiro atoms. The molecule has 11 heteroatoms. The number of aryl methyl sites for hydroxylation is 1. The Bertz CT molecular complexity index is 1570. The van der Waals surface area contributed by atoms with Crippen LogP contribution in [0.5, 0.6) is 5.88 Å². The maximum Gasteiger partial charge on any atom is 0.276 e. The highest BCUT2D eigenvalue weighted by Gasteiger charge is 2.23. The fourth-order valence-electron chi connectivity index (χ4n) is 3.61. The van der Waals surface area contributed by atoms with Crippen molar-refractivity contribution in [1.29, 1.82) is 0 Å². The van der Waals surface area contributed by atoms with Gasteiger partial charge in [-0.05, 0) is 67.9 Å². The van der Waals surface area contributed by atoms with Crippen molar-refractivity contribution >= 4 is 15.9 Å². The molecule has 37 heavy (non-hydrogen) atoms. The second-order valence-electron chi connectivity index (χ2n) is 8.85. The molecule has 0 bridgehead atoms. The minimum Gasteiger partial charge on any atom is -0.472 e. The van der Waals surface area contributed by atoms with Crippen LogP contribution in [0.2, 0.25) is 0 Å². The summed E-state index contributed by atoms with van der Waals surface area (Å²) in [7, 11) is 0. The summed E-state index contributed by atoms with van der Waals surface area (Å²) < 4.78 is 49.3.